The maximum Gasteiger partial charge on any atom is 0.237 e. The van der Waals surface area contributed by atoms with Crippen molar-refractivity contribution in [2.75, 3.05) is 20.6 Å². The van der Waals surface area contributed by atoms with Crippen molar-refractivity contribution < 1.29 is 4.79 Å². The van der Waals surface area contributed by atoms with E-state index in [0.717, 1.165) is 24.9 Å². The summed E-state index contributed by atoms with van der Waals surface area (Å²) in [6.07, 6.45) is 6.36. The molecule has 19 heavy (non-hydrogen) atoms. The topological polar surface area (TPSA) is 85.2 Å². The van der Waals surface area contributed by atoms with Gasteiger partial charge in [-0.05, 0) is 51.5 Å². The van der Waals surface area contributed by atoms with Crippen LogP contribution in [0.15, 0.2) is 24.5 Å². The highest BCUT2D eigenvalue weighted by molar-refractivity contribution is 5.84. The Balaban J connectivity index is 2.57. The minimum absolute atomic E-state index is 0.443. The van der Waals surface area contributed by atoms with Gasteiger partial charge in [0.05, 0.1) is 5.54 Å². The maximum atomic E-state index is 11.6. The smallest absolute Gasteiger partial charge is 0.237 e. The van der Waals surface area contributed by atoms with E-state index < -0.39 is 11.4 Å². The molecule has 1 heterocycles. The van der Waals surface area contributed by atoms with Gasteiger partial charge in [-0.25, -0.2) is 0 Å². The molecule has 0 spiro atoms. The molecule has 0 saturated heterocycles. The lowest BCUT2D eigenvalue weighted by Gasteiger charge is -2.26. The van der Waals surface area contributed by atoms with E-state index >= 15 is 0 Å². The number of aromatic nitrogens is 1. The molecule has 5 heteroatoms. The van der Waals surface area contributed by atoms with Crippen LogP contribution in [0, 0.1) is 0 Å². The molecule has 0 aromatic carbocycles. The Hall–Kier alpha value is -1.46. The number of amides is 1. The molecule has 0 aliphatic carbocycles. The van der Waals surface area contributed by atoms with E-state index in [-0.39, 0.29) is 0 Å². The molecular formula is C14H24N4O. The number of hydrogen-bond acceptors (Lipinski definition) is 4. The number of nitrogens with zero attached hydrogens (tertiary/aromatic N) is 2. The first-order valence-corrected chi connectivity index (χ1v) is 6.56. The molecule has 5 nitrogen and oxygen atoms in total. The zero-order valence-corrected chi connectivity index (χ0v) is 11.8. The molecule has 0 fully saturated rings. The second-order valence-electron chi connectivity index (χ2n) is 5.32. The fraction of sp³-hybridized carbons (Fsp3) is 0.571. The molecule has 4 N–H and O–H groups in total. The van der Waals surface area contributed by atoms with Crippen molar-refractivity contribution in [3.63, 3.8) is 0 Å². The van der Waals surface area contributed by atoms with Crippen molar-refractivity contribution >= 4 is 5.91 Å². The lowest BCUT2D eigenvalue weighted by atomic mass is 9.86. The third-order valence-electron chi connectivity index (χ3n) is 3.21. The van der Waals surface area contributed by atoms with Crippen molar-refractivity contribution in [1.29, 1.82) is 0 Å². The monoisotopic (exact) mass is 264 g/mol. The number of rotatable bonds is 8. The van der Waals surface area contributed by atoms with Gasteiger partial charge in [-0.3, -0.25) is 9.78 Å². The number of nitrogens with two attached hydrogens (primary N) is 2. The highest BCUT2D eigenvalue weighted by Gasteiger charge is 2.31. The van der Waals surface area contributed by atoms with Crippen molar-refractivity contribution in [2.24, 2.45) is 11.5 Å². The summed E-state index contributed by atoms with van der Waals surface area (Å²) in [6, 6.07) is 3.75. The summed E-state index contributed by atoms with van der Waals surface area (Å²) in [5.74, 6) is -0.443. The SMILES string of the molecule is CN(C)CCCCC(N)(Cc1cccnc1)C(N)=O. The van der Waals surface area contributed by atoms with Crippen molar-refractivity contribution in [3.05, 3.63) is 30.1 Å². The van der Waals surface area contributed by atoms with E-state index in [1.165, 1.54) is 0 Å². The first-order valence-electron chi connectivity index (χ1n) is 6.56. The average molecular weight is 264 g/mol. The van der Waals surface area contributed by atoms with Gasteiger partial charge in [0.2, 0.25) is 5.91 Å². The molecule has 0 aliphatic heterocycles. The molecule has 0 saturated carbocycles. The van der Waals surface area contributed by atoms with Crippen LogP contribution < -0.4 is 11.5 Å². The molecule has 1 aromatic rings. The molecule has 106 valence electrons. The van der Waals surface area contributed by atoms with Gasteiger partial charge in [0.25, 0.3) is 0 Å². The predicted molar refractivity (Wildman–Crippen MR) is 76.5 cm³/mol. The van der Waals surface area contributed by atoms with E-state index in [9.17, 15) is 4.79 Å². The third-order valence-corrected chi connectivity index (χ3v) is 3.21. The Morgan fingerprint density at radius 1 is 1.42 bits per heavy atom. The number of unbranched alkanes of at least 4 members (excludes halogenated alkanes) is 1. The highest BCUT2D eigenvalue weighted by Crippen LogP contribution is 2.17. The molecule has 0 radical (unpaired) electrons. The summed E-state index contributed by atoms with van der Waals surface area (Å²) in [7, 11) is 4.05. The molecule has 1 unspecified atom stereocenters. The number of carbonyl (C=O) groups excluding carboxylic acids is 1. The van der Waals surface area contributed by atoms with Crippen molar-refractivity contribution in [2.45, 2.75) is 31.2 Å². The van der Waals surface area contributed by atoms with E-state index in [0.29, 0.717) is 12.8 Å². The molecule has 1 amide bonds. The fourth-order valence-electron chi connectivity index (χ4n) is 2.03. The standard InChI is InChI=1S/C14H24N4O/c1-18(2)9-4-3-7-14(16,13(15)19)10-12-6-5-8-17-11-12/h5-6,8,11H,3-4,7,9-10,16H2,1-2H3,(H2,15,19). The summed E-state index contributed by atoms with van der Waals surface area (Å²) in [4.78, 5) is 17.8. The van der Waals surface area contributed by atoms with E-state index in [4.69, 9.17) is 11.5 Å². The summed E-state index contributed by atoms with van der Waals surface area (Å²) in [5, 5.41) is 0. The lowest BCUT2D eigenvalue weighted by Crippen LogP contribution is -2.53. The number of pyridine rings is 1. The minimum atomic E-state index is -0.977. The van der Waals surface area contributed by atoms with Crippen molar-refractivity contribution in [3.8, 4) is 0 Å². The maximum absolute atomic E-state index is 11.6. The van der Waals surface area contributed by atoms with Crippen LogP contribution in [0.3, 0.4) is 0 Å². The number of primary amides is 1. The van der Waals surface area contributed by atoms with Crippen LogP contribution in [0.25, 0.3) is 0 Å². The molecule has 0 aliphatic rings. The quantitative estimate of drug-likeness (QED) is 0.671. The van der Waals surface area contributed by atoms with Gasteiger partial charge in [0.1, 0.15) is 0 Å². The Morgan fingerprint density at radius 3 is 2.68 bits per heavy atom. The van der Waals surface area contributed by atoms with Gasteiger partial charge in [0.15, 0.2) is 0 Å². The number of carbonyl (C=O) groups is 1. The van der Waals surface area contributed by atoms with Gasteiger partial charge >= 0.3 is 0 Å². The Morgan fingerprint density at radius 2 is 2.16 bits per heavy atom. The first kappa shape index (κ1) is 15.6. The van der Waals surface area contributed by atoms with Crippen LogP contribution in [-0.4, -0.2) is 42.0 Å². The summed E-state index contributed by atoms with van der Waals surface area (Å²) < 4.78 is 0. The van der Waals surface area contributed by atoms with Crippen molar-refractivity contribution in [1.82, 2.24) is 9.88 Å². The highest BCUT2D eigenvalue weighted by atomic mass is 16.1. The summed E-state index contributed by atoms with van der Waals surface area (Å²) in [6.45, 7) is 0.988. The molecule has 1 rings (SSSR count). The normalized spacial score (nSPS) is 14.3. The van der Waals surface area contributed by atoms with Gasteiger partial charge in [0, 0.05) is 18.8 Å². The Labute approximate surface area is 115 Å². The van der Waals surface area contributed by atoms with Crippen LogP contribution in [-0.2, 0) is 11.2 Å². The summed E-state index contributed by atoms with van der Waals surface area (Å²) in [5.41, 5.74) is 11.6. The third kappa shape index (κ3) is 5.36. The van der Waals surface area contributed by atoms with Gasteiger partial charge in [-0.1, -0.05) is 6.07 Å². The van der Waals surface area contributed by atoms with E-state index in [1.807, 2.05) is 26.2 Å². The molecule has 0 bridgehead atoms. The summed E-state index contributed by atoms with van der Waals surface area (Å²) >= 11 is 0. The van der Waals surface area contributed by atoms with Gasteiger partial charge < -0.3 is 16.4 Å². The van der Waals surface area contributed by atoms with Crippen LogP contribution >= 0.6 is 0 Å². The average Bonchev–Trinajstić information content (AvgIpc) is 2.35. The lowest BCUT2D eigenvalue weighted by molar-refractivity contribution is -0.123. The number of hydrogen-bond donors (Lipinski definition) is 2. The Bertz CT molecular complexity index is 394. The van der Waals surface area contributed by atoms with Gasteiger partial charge in [-0.2, -0.15) is 0 Å². The van der Waals surface area contributed by atoms with E-state index in [1.54, 1.807) is 12.4 Å². The first-order chi connectivity index (χ1) is 8.94. The zero-order chi connectivity index (χ0) is 14.3. The van der Waals surface area contributed by atoms with Crippen LogP contribution in [0.5, 0.6) is 0 Å². The van der Waals surface area contributed by atoms with Crippen LogP contribution in [0.4, 0.5) is 0 Å². The second kappa shape index (κ2) is 7.21. The van der Waals surface area contributed by atoms with E-state index in [2.05, 4.69) is 9.88 Å². The molecule has 1 aromatic heterocycles. The minimum Gasteiger partial charge on any atom is -0.368 e. The van der Waals surface area contributed by atoms with Crippen LogP contribution in [0.2, 0.25) is 0 Å². The molecular weight excluding hydrogens is 240 g/mol. The Kier molecular flexibility index (Phi) is 5.92. The van der Waals surface area contributed by atoms with Crippen LogP contribution in [0.1, 0.15) is 24.8 Å². The predicted octanol–water partition coefficient (Wildman–Crippen LogP) is 0.539. The molecule has 1 atom stereocenters. The zero-order valence-electron chi connectivity index (χ0n) is 11.8. The largest absolute Gasteiger partial charge is 0.368 e. The second-order valence-corrected chi connectivity index (χ2v) is 5.32. The van der Waals surface area contributed by atoms with Gasteiger partial charge in [-0.15, -0.1) is 0 Å². The fourth-order valence-corrected chi connectivity index (χ4v) is 2.03.